The van der Waals surface area contributed by atoms with Crippen LogP contribution in [0.25, 0.3) is 6.08 Å². The van der Waals surface area contributed by atoms with Crippen LogP contribution in [0.2, 0.25) is 0 Å². The fraction of sp³-hybridized carbons (Fsp3) is 0.200. The van der Waals surface area contributed by atoms with Crippen molar-refractivity contribution in [3.8, 4) is 23.0 Å². The molecule has 0 aliphatic carbocycles. The lowest BCUT2D eigenvalue weighted by Gasteiger charge is -2.10. The molecular formula is C20H20N2O5. The van der Waals surface area contributed by atoms with Crippen molar-refractivity contribution in [2.75, 3.05) is 20.0 Å². The molecule has 0 unspecified atom stereocenters. The summed E-state index contributed by atoms with van der Waals surface area (Å²) in [7, 11) is 0. The summed E-state index contributed by atoms with van der Waals surface area (Å²) in [6.45, 7) is 2.49. The summed E-state index contributed by atoms with van der Waals surface area (Å²) in [5.41, 5.74) is 3.34. The minimum Gasteiger partial charge on any atom is -0.490 e. The van der Waals surface area contributed by atoms with Crippen LogP contribution in [0, 0.1) is 0 Å². The molecular weight excluding hydrogens is 348 g/mol. The van der Waals surface area contributed by atoms with E-state index in [1.165, 1.54) is 6.21 Å². The van der Waals surface area contributed by atoms with Gasteiger partial charge in [0.25, 0.3) is 5.91 Å². The van der Waals surface area contributed by atoms with E-state index in [1.807, 2.05) is 43.3 Å². The van der Waals surface area contributed by atoms with E-state index in [1.54, 1.807) is 18.2 Å². The fourth-order valence-corrected chi connectivity index (χ4v) is 2.34. The van der Waals surface area contributed by atoms with Gasteiger partial charge in [0.2, 0.25) is 6.79 Å². The van der Waals surface area contributed by atoms with E-state index in [-0.39, 0.29) is 19.3 Å². The molecule has 0 bridgehead atoms. The fourth-order valence-electron chi connectivity index (χ4n) is 2.34. The van der Waals surface area contributed by atoms with Crippen LogP contribution in [-0.4, -0.2) is 32.1 Å². The van der Waals surface area contributed by atoms with Gasteiger partial charge >= 0.3 is 0 Å². The van der Waals surface area contributed by atoms with Gasteiger partial charge in [-0.2, -0.15) is 5.10 Å². The van der Waals surface area contributed by atoms with Gasteiger partial charge in [-0.3, -0.25) is 4.79 Å². The van der Waals surface area contributed by atoms with Crippen molar-refractivity contribution >= 4 is 18.2 Å². The van der Waals surface area contributed by atoms with E-state index in [4.69, 9.17) is 18.9 Å². The lowest BCUT2D eigenvalue weighted by atomic mass is 10.2. The molecule has 1 aliphatic rings. The van der Waals surface area contributed by atoms with Crippen molar-refractivity contribution < 1.29 is 23.7 Å². The minimum absolute atomic E-state index is 0.159. The van der Waals surface area contributed by atoms with Gasteiger partial charge in [-0.1, -0.05) is 24.3 Å². The third-order valence-electron chi connectivity index (χ3n) is 3.54. The summed E-state index contributed by atoms with van der Waals surface area (Å²) in [6, 6.07) is 12.8. The number of fused-ring (bicyclic) bond motifs is 1. The highest BCUT2D eigenvalue weighted by Gasteiger charge is 2.12. The highest BCUT2D eigenvalue weighted by molar-refractivity contribution is 5.82. The number of rotatable bonds is 8. The van der Waals surface area contributed by atoms with Gasteiger partial charge in [-0.15, -0.1) is 0 Å². The zero-order chi connectivity index (χ0) is 18.9. The van der Waals surface area contributed by atoms with Gasteiger partial charge < -0.3 is 18.9 Å². The molecule has 140 valence electrons. The highest BCUT2D eigenvalue weighted by Crippen LogP contribution is 2.32. The summed E-state index contributed by atoms with van der Waals surface area (Å²) < 4.78 is 21.5. The number of benzene rings is 2. The van der Waals surface area contributed by atoms with E-state index in [9.17, 15) is 4.79 Å². The van der Waals surface area contributed by atoms with Gasteiger partial charge in [0.15, 0.2) is 29.6 Å². The first-order valence-corrected chi connectivity index (χ1v) is 8.49. The first-order valence-electron chi connectivity index (χ1n) is 8.49. The number of hydrogen-bond donors (Lipinski definition) is 1. The van der Waals surface area contributed by atoms with Crippen molar-refractivity contribution in [1.29, 1.82) is 0 Å². The van der Waals surface area contributed by atoms with E-state index in [0.29, 0.717) is 23.9 Å². The topological polar surface area (TPSA) is 78.4 Å². The Bertz CT molecular complexity index is 848. The summed E-state index contributed by atoms with van der Waals surface area (Å²) in [6.07, 6.45) is 5.03. The molecule has 2 aromatic rings. The molecule has 0 aromatic heterocycles. The summed E-state index contributed by atoms with van der Waals surface area (Å²) in [4.78, 5) is 11.8. The highest BCUT2D eigenvalue weighted by atomic mass is 16.7. The zero-order valence-electron chi connectivity index (χ0n) is 14.9. The average molecular weight is 368 g/mol. The largest absolute Gasteiger partial charge is 0.490 e. The predicted molar refractivity (Wildman–Crippen MR) is 101 cm³/mol. The van der Waals surface area contributed by atoms with E-state index in [0.717, 1.165) is 11.3 Å². The molecule has 7 heteroatoms. The van der Waals surface area contributed by atoms with Gasteiger partial charge in [0, 0.05) is 6.21 Å². The number of ether oxygens (including phenoxy) is 4. The van der Waals surface area contributed by atoms with Crippen molar-refractivity contribution in [3.63, 3.8) is 0 Å². The molecule has 0 fully saturated rings. The number of allylic oxidation sites excluding steroid dienone is 1. The number of amides is 1. The van der Waals surface area contributed by atoms with Crippen LogP contribution in [-0.2, 0) is 4.79 Å². The second kappa shape index (κ2) is 9.28. The van der Waals surface area contributed by atoms with Crippen LogP contribution >= 0.6 is 0 Å². The van der Waals surface area contributed by atoms with Crippen molar-refractivity contribution in [1.82, 2.24) is 5.43 Å². The Morgan fingerprint density at radius 1 is 1.15 bits per heavy atom. The molecule has 1 amide bonds. The standard InChI is InChI=1S/C20H20N2O5/c1-2-24-16-7-3-4-8-17(16)25-13-20(23)22-21-11-5-6-15-9-10-18-19(12-15)27-14-26-18/h3-12H,2,13-14H2,1H3,(H,22,23). The number of nitrogens with one attached hydrogen (secondary N) is 1. The number of nitrogens with zero attached hydrogens (tertiary/aromatic N) is 1. The van der Waals surface area contributed by atoms with Crippen LogP contribution in [0.4, 0.5) is 0 Å². The number of para-hydroxylation sites is 2. The molecule has 7 nitrogen and oxygen atoms in total. The van der Waals surface area contributed by atoms with Gasteiger partial charge in [-0.05, 0) is 42.8 Å². The maximum absolute atomic E-state index is 11.8. The molecule has 1 aliphatic heterocycles. The maximum Gasteiger partial charge on any atom is 0.277 e. The summed E-state index contributed by atoms with van der Waals surface area (Å²) in [5, 5.41) is 3.85. The Labute approximate surface area is 157 Å². The lowest BCUT2D eigenvalue weighted by Crippen LogP contribution is -2.24. The van der Waals surface area contributed by atoms with E-state index < -0.39 is 0 Å². The molecule has 0 saturated carbocycles. The maximum atomic E-state index is 11.8. The Hall–Kier alpha value is -3.48. The van der Waals surface area contributed by atoms with E-state index >= 15 is 0 Å². The van der Waals surface area contributed by atoms with Gasteiger partial charge in [-0.25, -0.2) is 5.43 Å². The van der Waals surface area contributed by atoms with Crippen LogP contribution in [0.3, 0.4) is 0 Å². The third-order valence-corrected chi connectivity index (χ3v) is 3.54. The number of hydrogen-bond acceptors (Lipinski definition) is 6. The lowest BCUT2D eigenvalue weighted by molar-refractivity contribution is -0.123. The monoisotopic (exact) mass is 368 g/mol. The predicted octanol–water partition coefficient (Wildman–Crippen LogP) is 3.01. The molecule has 1 heterocycles. The quantitative estimate of drug-likeness (QED) is 0.572. The summed E-state index contributed by atoms with van der Waals surface area (Å²) in [5.74, 6) is 2.20. The first-order chi connectivity index (χ1) is 13.3. The average Bonchev–Trinajstić information content (AvgIpc) is 3.15. The molecule has 0 saturated heterocycles. The minimum atomic E-state index is -0.367. The third kappa shape index (κ3) is 5.24. The van der Waals surface area contributed by atoms with Crippen LogP contribution in [0.1, 0.15) is 12.5 Å². The Kier molecular flexibility index (Phi) is 6.30. The molecule has 1 N–H and O–H groups in total. The SMILES string of the molecule is CCOc1ccccc1OCC(=O)NN=CC=Cc1ccc2c(c1)OCO2. The summed E-state index contributed by atoms with van der Waals surface area (Å²) >= 11 is 0. The van der Waals surface area contributed by atoms with Crippen molar-refractivity contribution in [2.24, 2.45) is 5.10 Å². The Morgan fingerprint density at radius 2 is 1.93 bits per heavy atom. The van der Waals surface area contributed by atoms with Crippen LogP contribution in [0.5, 0.6) is 23.0 Å². The molecule has 3 rings (SSSR count). The molecule has 2 aromatic carbocycles. The first kappa shape index (κ1) is 18.3. The molecule has 0 atom stereocenters. The smallest absolute Gasteiger partial charge is 0.277 e. The Morgan fingerprint density at radius 3 is 2.74 bits per heavy atom. The van der Waals surface area contributed by atoms with Crippen LogP contribution in [0.15, 0.2) is 53.6 Å². The van der Waals surface area contributed by atoms with Gasteiger partial charge in [0.1, 0.15) is 0 Å². The number of carbonyl (C=O) groups is 1. The zero-order valence-corrected chi connectivity index (χ0v) is 14.9. The second-order valence-corrected chi connectivity index (χ2v) is 5.45. The second-order valence-electron chi connectivity index (χ2n) is 5.45. The number of carbonyl (C=O) groups excluding carboxylic acids is 1. The normalized spacial score (nSPS) is 12.5. The molecule has 0 radical (unpaired) electrons. The van der Waals surface area contributed by atoms with Crippen molar-refractivity contribution in [2.45, 2.75) is 6.92 Å². The Balaban J connectivity index is 1.44. The van der Waals surface area contributed by atoms with Crippen LogP contribution < -0.4 is 24.4 Å². The van der Waals surface area contributed by atoms with Gasteiger partial charge in [0.05, 0.1) is 6.61 Å². The molecule has 0 spiro atoms. The van der Waals surface area contributed by atoms with Crippen molar-refractivity contribution in [3.05, 3.63) is 54.1 Å². The number of hydrazone groups is 1. The van der Waals surface area contributed by atoms with E-state index in [2.05, 4.69) is 10.5 Å². The molecule has 27 heavy (non-hydrogen) atoms.